The van der Waals surface area contributed by atoms with Crippen LogP contribution in [0.5, 0.6) is 0 Å². The first-order chi connectivity index (χ1) is 15.9. The molecule has 0 radical (unpaired) electrons. The maximum absolute atomic E-state index is 14.5. The summed E-state index contributed by atoms with van der Waals surface area (Å²) in [6, 6.07) is 9.86. The van der Waals surface area contributed by atoms with E-state index in [0.29, 0.717) is 34.9 Å². The molecule has 0 atom stereocenters. The molecule has 3 heterocycles. The Bertz CT molecular complexity index is 1560. The minimum atomic E-state index is -0.682. The summed E-state index contributed by atoms with van der Waals surface area (Å²) >= 11 is 0. The second kappa shape index (κ2) is 8.09. The van der Waals surface area contributed by atoms with E-state index >= 15 is 0 Å². The van der Waals surface area contributed by atoms with E-state index < -0.39 is 17.1 Å². The predicted molar refractivity (Wildman–Crippen MR) is 121 cm³/mol. The molecule has 7 nitrogen and oxygen atoms in total. The molecule has 0 aliphatic carbocycles. The summed E-state index contributed by atoms with van der Waals surface area (Å²) in [5.41, 5.74) is 1.35. The highest BCUT2D eigenvalue weighted by Crippen LogP contribution is 2.27. The van der Waals surface area contributed by atoms with Crippen LogP contribution < -0.4 is 10.3 Å². The van der Waals surface area contributed by atoms with Gasteiger partial charge in [0.2, 0.25) is 5.43 Å². The number of rotatable bonds is 5. The molecule has 9 heteroatoms. The van der Waals surface area contributed by atoms with Gasteiger partial charge in [0.05, 0.1) is 11.9 Å². The van der Waals surface area contributed by atoms with Crippen LogP contribution in [0, 0.1) is 11.6 Å². The number of hydrogen-bond acceptors (Lipinski definition) is 6. The Kier molecular flexibility index (Phi) is 5.08. The summed E-state index contributed by atoms with van der Waals surface area (Å²) in [5, 5.41) is -0.156. The molecule has 0 saturated heterocycles. The zero-order chi connectivity index (χ0) is 23.1. The van der Waals surface area contributed by atoms with Gasteiger partial charge in [0.1, 0.15) is 34.7 Å². The zero-order valence-electron chi connectivity index (χ0n) is 17.9. The first-order valence-corrected chi connectivity index (χ1v) is 10.3. The number of fused-ring (bicyclic) bond motifs is 2. The van der Waals surface area contributed by atoms with Gasteiger partial charge in [-0.15, -0.1) is 0 Å². The van der Waals surface area contributed by atoms with E-state index in [1.807, 2.05) is 23.6 Å². The van der Waals surface area contributed by atoms with Crippen LogP contribution in [0.25, 0.3) is 33.3 Å². The predicted octanol–water partition coefficient (Wildman–Crippen LogP) is 4.19. The number of imidazole rings is 1. The smallest absolute Gasteiger partial charge is 0.203 e. The largest absolute Gasteiger partial charge is 0.460 e. The Morgan fingerprint density at radius 2 is 1.88 bits per heavy atom. The van der Waals surface area contributed by atoms with Crippen molar-refractivity contribution in [1.82, 2.24) is 19.5 Å². The maximum Gasteiger partial charge on any atom is 0.203 e. The van der Waals surface area contributed by atoms with E-state index in [9.17, 15) is 13.6 Å². The number of anilines is 1. The topological polar surface area (TPSA) is 77.1 Å². The van der Waals surface area contributed by atoms with Gasteiger partial charge >= 0.3 is 0 Å². The van der Waals surface area contributed by atoms with E-state index in [0.717, 1.165) is 0 Å². The van der Waals surface area contributed by atoms with Gasteiger partial charge in [-0.3, -0.25) is 4.79 Å². The molecule has 5 rings (SSSR count). The third-order valence-electron chi connectivity index (χ3n) is 5.44. The lowest BCUT2D eigenvalue weighted by Crippen LogP contribution is -2.13. The summed E-state index contributed by atoms with van der Waals surface area (Å²) in [6.45, 7) is 0.381. The quantitative estimate of drug-likeness (QED) is 0.402. The van der Waals surface area contributed by atoms with Crippen LogP contribution in [0.1, 0.15) is 5.76 Å². The summed E-state index contributed by atoms with van der Waals surface area (Å²) in [6.07, 6.45) is 3.39. The van der Waals surface area contributed by atoms with Crippen molar-refractivity contribution in [1.29, 1.82) is 0 Å². The van der Waals surface area contributed by atoms with Crippen LogP contribution in [0.4, 0.5) is 14.6 Å². The van der Waals surface area contributed by atoms with Crippen LogP contribution in [-0.2, 0) is 13.0 Å². The molecule has 2 aromatic carbocycles. The van der Waals surface area contributed by atoms with Crippen molar-refractivity contribution in [3.05, 3.63) is 82.7 Å². The number of benzene rings is 2. The number of nitrogens with zero attached hydrogens (tertiary/aromatic N) is 5. The fourth-order valence-corrected chi connectivity index (χ4v) is 3.94. The number of aromatic nitrogens is 4. The average Bonchev–Trinajstić information content (AvgIpc) is 3.20. The molecule has 5 aromatic rings. The minimum Gasteiger partial charge on any atom is -0.460 e. The lowest BCUT2D eigenvalue weighted by molar-refractivity contribution is 0.514. The van der Waals surface area contributed by atoms with Crippen molar-refractivity contribution < 1.29 is 13.2 Å². The molecule has 0 unspecified atom stereocenters. The average molecular weight is 447 g/mol. The molecule has 0 N–H and O–H groups in total. The first kappa shape index (κ1) is 20.7. The molecule has 33 heavy (non-hydrogen) atoms. The van der Waals surface area contributed by atoms with Crippen molar-refractivity contribution in [3.8, 4) is 11.1 Å². The van der Waals surface area contributed by atoms with Crippen molar-refractivity contribution >= 4 is 28.0 Å². The van der Waals surface area contributed by atoms with E-state index in [-0.39, 0.29) is 23.0 Å². The molecule has 0 bridgehead atoms. The Hall–Kier alpha value is -4.14. The molecule has 0 spiro atoms. The molecular weight excluding hydrogens is 428 g/mol. The van der Waals surface area contributed by atoms with Crippen LogP contribution in [0.15, 0.2) is 64.3 Å². The molecular formula is C24H19F2N5O2. The van der Waals surface area contributed by atoms with Crippen molar-refractivity contribution in [2.45, 2.75) is 13.0 Å². The van der Waals surface area contributed by atoms with Crippen molar-refractivity contribution in [2.75, 3.05) is 19.0 Å². The lowest BCUT2D eigenvalue weighted by Gasteiger charge is -2.12. The summed E-state index contributed by atoms with van der Waals surface area (Å²) in [7, 11) is 3.74. The summed E-state index contributed by atoms with van der Waals surface area (Å²) in [4.78, 5) is 28.2. The Morgan fingerprint density at radius 1 is 1.06 bits per heavy atom. The Labute approximate surface area is 187 Å². The molecule has 166 valence electrons. The van der Waals surface area contributed by atoms with Crippen molar-refractivity contribution in [2.24, 2.45) is 0 Å². The number of halogens is 2. The molecule has 0 fully saturated rings. The van der Waals surface area contributed by atoms with Gasteiger partial charge in [-0.05, 0) is 29.8 Å². The maximum atomic E-state index is 14.5. The second-order valence-electron chi connectivity index (χ2n) is 7.80. The Balaban J connectivity index is 1.63. The highest BCUT2D eigenvalue weighted by Gasteiger charge is 2.20. The van der Waals surface area contributed by atoms with Crippen molar-refractivity contribution in [3.63, 3.8) is 0 Å². The molecule has 0 aliphatic rings. The number of aryl methyl sites for hydroxylation is 2. The van der Waals surface area contributed by atoms with Gasteiger partial charge < -0.3 is 13.9 Å². The van der Waals surface area contributed by atoms with Crippen LogP contribution in [-0.4, -0.2) is 33.6 Å². The third-order valence-corrected chi connectivity index (χ3v) is 5.44. The van der Waals surface area contributed by atoms with E-state index in [2.05, 4.69) is 15.0 Å². The SMILES string of the molecule is CN(C)c1ncnc2c1ncn2CCc1oc2cccc(F)c2c(=O)c1-c1cccc(F)c1. The van der Waals surface area contributed by atoms with Gasteiger partial charge in [0, 0.05) is 27.1 Å². The van der Waals surface area contributed by atoms with E-state index in [1.54, 1.807) is 18.5 Å². The highest BCUT2D eigenvalue weighted by atomic mass is 19.1. The van der Waals surface area contributed by atoms with Gasteiger partial charge in [-0.25, -0.2) is 23.7 Å². The van der Waals surface area contributed by atoms with E-state index in [4.69, 9.17) is 4.42 Å². The first-order valence-electron chi connectivity index (χ1n) is 10.3. The summed E-state index contributed by atoms with van der Waals surface area (Å²) < 4.78 is 36.2. The summed E-state index contributed by atoms with van der Waals surface area (Å²) in [5.74, 6) is -0.168. The minimum absolute atomic E-state index is 0.139. The molecule has 0 aliphatic heterocycles. The standard InChI is InChI=1S/C24H19F2N5O2/c1-30(2)23-21-24(28-12-27-23)31(13-29-21)10-9-18-19(14-5-3-6-15(25)11-14)22(32)20-16(26)7-4-8-17(20)33-18/h3-8,11-13H,9-10H2,1-2H3. The fourth-order valence-electron chi connectivity index (χ4n) is 3.94. The third kappa shape index (κ3) is 3.61. The lowest BCUT2D eigenvalue weighted by atomic mass is 10.0. The highest BCUT2D eigenvalue weighted by molar-refractivity contribution is 5.84. The second-order valence-corrected chi connectivity index (χ2v) is 7.80. The molecule has 3 aromatic heterocycles. The Morgan fingerprint density at radius 3 is 2.67 bits per heavy atom. The molecule has 0 saturated carbocycles. The van der Waals surface area contributed by atoms with Gasteiger partial charge in [-0.2, -0.15) is 0 Å². The zero-order valence-corrected chi connectivity index (χ0v) is 17.9. The van der Waals surface area contributed by atoms with Crippen LogP contribution in [0.3, 0.4) is 0 Å². The van der Waals surface area contributed by atoms with Gasteiger partial charge in [0.25, 0.3) is 0 Å². The van der Waals surface area contributed by atoms with Gasteiger partial charge in [0.15, 0.2) is 17.0 Å². The van der Waals surface area contributed by atoms with Gasteiger partial charge in [-0.1, -0.05) is 18.2 Å². The fraction of sp³-hybridized carbons (Fsp3) is 0.167. The molecule has 0 amide bonds. The van der Waals surface area contributed by atoms with Crippen LogP contribution in [0.2, 0.25) is 0 Å². The monoisotopic (exact) mass is 447 g/mol. The normalized spacial score (nSPS) is 11.4. The number of hydrogen-bond donors (Lipinski definition) is 0. The van der Waals surface area contributed by atoms with E-state index in [1.165, 1.54) is 36.7 Å². The van der Waals surface area contributed by atoms with Crippen LogP contribution >= 0.6 is 0 Å².